The average molecular weight is 356 g/mol. The summed E-state index contributed by atoms with van der Waals surface area (Å²) in [5.41, 5.74) is 10.7. The van der Waals surface area contributed by atoms with Gasteiger partial charge in [0.2, 0.25) is 0 Å². The zero-order valence-electron chi connectivity index (χ0n) is 14.5. The van der Waals surface area contributed by atoms with Crippen LogP contribution in [0.15, 0.2) is 12.1 Å². The van der Waals surface area contributed by atoms with Gasteiger partial charge in [0.05, 0.1) is 22.9 Å². The quantitative estimate of drug-likeness (QED) is 0.840. The lowest BCUT2D eigenvalue weighted by molar-refractivity contribution is -0.0138. The summed E-state index contributed by atoms with van der Waals surface area (Å²) in [6.45, 7) is 3.34. The molecule has 132 valence electrons. The lowest BCUT2D eigenvalue weighted by Crippen LogP contribution is -2.61. The minimum Gasteiger partial charge on any atom is -0.375 e. The highest BCUT2D eigenvalue weighted by Crippen LogP contribution is 2.56. The van der Waals surface area contributed by atoms with E-state index in [0.717, 1.165) is 24.6 Å². The highest BCUT2D eigenvalue weighted by atomic mass is 32.1. The van der Waals surface area contributed by atoms with E-state index in [-0.39, 0.29) is 0 Å². The molecule has 4 atom stereocenters. The fourth-order valence-corrected chi connectivity index (χ4v) is 6.97. The minimum atomic E-state index is 0.393. The van der Waals surface area contributed by atoms with Crippen LogP contribution in [0.4, 0.5) is 5.13 Å². The summed E-state index contributed by atoms with van der Waals surface area (Å²) in [7, 11) is 0. The predicted octanol–water partition coefficient (Wildman–Crippen LogP) is 3.34. The topological polar surface area (TPSA) is 54.7 Å². The summed E-state index contributed by atoms with van der Waals surface area (Å²) >= 11 is 1.63. The van der Waals surface area contributed by atoms with E-state index >= 15 is 0 Å². The molecule has 2 bridgehead atoms. The van der Waals surface area contributed by atoms with E-state index in [2.05, 4.69) is 22.0 Å². The summed E-state index contributed by atoms with van der Waals surface area (Å²) in [5.74, 6) is 0.815. The van der Waals surface area contributed by atoms with Crippen molar-refractivity contribution in [3.8, 4) is 0 Å². The standard InChI is InChI=1S/C20H25N3OS/c21-19-22-16-9-15-12(8-18(16)25-19)7-17-14-3-1-2-4-20(14,15)5-6-23(17)10-13-11-24-13/h8-9,13-14,17H,1-7,10-11H2,(H2,21,22)/t13?,14-,17+,20+/m0/s1. The number of hydrogen-bond acceptors (Lipinski definition) is 5. The van der Waals surface area contributed by atoms with Crippen molar-refractivity contribution in [2.45, 2.75) is 56.1 Å². The Balaban J connectivity index is 1.50. The second kappa shape index (κ2) is 5.18. The number of nitrogens with zero attached hydrogens (tertiary/aromatic N) is 2. The molecule has 1 aromatic carbocycles. The highest BCUT2D eigenvalue weighted by molar-refractivity contribution is 7.22. The van der Waals surface area contributed by atoms with E-state index in [9.17, 15) is 0 Å². The molecule has 4 nitrogen and oxygen atoms in total. The number of ether oxygens (including phenoxy) is 1. The third-order valence-corrected chi connectivity index (χ3v) is 8.16. The minimum absolute atomic E-state index is 0.393. The van der Waals surface area contributed by atoms with Gasteiger partial charge in [-0.1, -0.05) is 24.2 Å². The van der Waals surface area contributed by atoms with Crippen molar-refractivity contribution >= 4 is 26.7 Å². The maximum Gasteiger partial charge on any atom is 0.181 e. The molecule has 0 radical (unpaired) electrons. The van der Waals surface area contributed by atoms with Crippen molar-refractivity contribution in [2.24, 2.45) is 5.92 Å². The lowest BCUT2D eigenvalue weighted by Gasteiger charge is -2.59. The number of likely N-dealkylation sites (tertiary alicyclic amines) is 1. The van der Waals surface area contributed by atoms with Crippen LogP contribution in [-0.2, 0) is 16.6 Å². The number of anilines is 1. The fraction of sp³-hybridized carbons (Fsp3) is 0.650. The third-order valence-electron chi connectivity index (χ3n) is 7.31. The molecule has 2 N–H and O–H groups in total. The molecule has 2 aliphatic carbocycles. The summed E-state index contributed by atoms with van der Waals surface area (Å²) in [6.07, 6.45) is 8.54. The largest absolute Gasteiger partial charge is 0.375 e. The van der Waals surface area contributed by atoms with Crippen molar-refractivity contribution in [3.05, 3.63) is 23.3 Å². The zero-order chi connectivity index (χ0) is 16.6. The van der Waals surface area contributed by atoms with Crippen LogP contribution < -0.4 is 5.73 Å². The van der Waals surface area contributed by atoms with E-state index in [4.69, 9.17) is 10.5 Å². The molecule has 3 heterocycles. The van der Waals surface area contributed by atoms with Gasteiger partial charge in [0, 0.05) is 18.0 Å². The van der Waals surface area contributed by atoms with Crippen LogP contribution in [0.5, 0.6) is 0 Å². The predicted molar refractivity (Wildman–Crippen MR) is 101 cm³/mol. The number of fused-ring (bicyclic) bond motifs is 2. The van der Waals surface area contributed by atoms with Crippen LogP contribution in [0, 0.1) is 5.92 Å². The second-order valence-electron chi connectivity index (χ2n) is 8.51. The number of nitrogens with two attached hydrogens (primary N) is 1. The first kappa shape index (κ1) is 14.9. The number of aromatic nitrogens is 1. The van der Waals surface area contributed by atoms with Gasteiger partial charge in [-0.15, -0.1) is 0 Å². The van der Waals surface area contributed by atoms with Crippen molar-refractivity contribution in [3.63, 3.8) is 0 Å². The van der Waals surface area contributed by atoms with Gasteiger partial charge in [0.15, 0.2) is 5.13 Å². The Morgan fingerprint density at radius 1 is 1.32 bits per heavy atom. The van der Waals surface area contributed by atoms with Gasteiger partial charge in [-0.2, -0.15) is 0 Å². The Labute approximate surface area is 152 Å². The smallest absolute Gasteiger partial charge is 0.181 e. The van der Waals surface area contributed by atoms with Crippen molar-refractivity contribution < 1.29 is 4.74 Å². The van der Waals surface area contributed by atoms with Gasteiger partial charge in [0.25, 0.3) is 0 Å². The first-order valence-corrected chi connectivity index (χ1v) is 10.6. The fourth-order valence-electron chi connectivity index (χ4n) is 6.19. The van der Waals surface area contributed by atoms with Gasteiger partial charge >= 0.3 is 0 Å². The molecule has 2 aliphatic heterocycles. The van der Waals surface area contributed by atoms with Crippen molar-refractivity contribution in [1.82, 2.24) is 9.88 Å². The molecule has 3 fully saturated rings. The molecular weight excluding hydrogens is 330 g/mol. The molecule has 0 amide bonds. The molecule has 2 saturated heterocycles. The van der Waals surface area contributed by atoms with Crippen LogP contribution in [0.1, 0.15) is 43.2 Å². The number of thiazole rings is 1. The van der Waals surface area contributed by atoms with Gasteiger partial charge in [-0.25, -0.2) is 4.98 Å². The Kier molecular flexibility index (Phi) is 3.10. The maximum absolute atomic E-state index is 6.00. The molecule has 0 spiro atoms. The van der Waals surface area contributed by atoms with Crippen LogP contribution in [-0.4, -0.2) is 41.7 Å². The van der Waals surface area contributed by atoms with Crippen molar-refractivity contribution in [1.29, 1.82) is 0 Å². The van der Waals surface area contributed by atoms with Gasteiger partial charge in [-0.3, -0.25) is 4.90 Å². The molecule has 1 unspecified atom stereocenters. The molecule has 4 aliphatic rings. The molecule has 25 heavy (non-hydrogen) atoms. The van der Waals surface area contributed by atoms with Crippen LogP contribution in [0.25, 0.3) is 10.2 Å². The van der Waals surface area contributed by atoms with E-state index in [1.807, 2.05) is 0 Å². The number of nitrogen functional groups attached to an aromatic ring is 1. The number of rotatable bonds is 2. The lowest BCUT2D eigenvalue weighted by atomic mass is 9.52. The average Bonchev–Trinajstić information content (AvgIpc) is 3.35. The first-order chi connectivity index (χ1) is 12.2. The third kappa shape index (κ3) is 2.15. The normalized spacial score (nSPS) is 36.9. The highest BCUT2D eigenvalue weighted by Gasteiger charge is 2.54. The summed E-state index contributed by atoms with van der Waals surface area (Å²) in [6, 6.07) is 5.52. The number of epoxide rings is 1. The van der Waals surface area contributed by atoms with E-state index in [1.165, 1.54) is 49.8 Å². The van der Waals surface area contributed by atoms with Crippen LogP contribution in [0.3, 0.4) is 0 Å². The summed E-state index contributed by atoms with van der Waals surface area (Å²) < 4.78 is 6.81. The monoisotopic (exact) mass is 355 g/mol. The van der Waals surface area contributed by atoms with Crippen LogP contribution in [0.2, 0.25) is 0 Å². The molecule has 5 heteroatoms. The molecule has 1 aromatic heterocycles. The second-order valence-corrected chi connectivity index (χ2v) is 9.57. The van der Waals surface area contributed by atoms with E-state index in [0.29, 0.717) is 22.7 Å². The Morgan fingerprint density at radius 2 is 2.24 bits per heavy atom. The zero-order valence-corrected chi connectivity index (χ0v) is 15.4. The summed E-state index contributed by atoms with van der Waals surface area (Å²) in [5, 5.41) is 0.700. The van der Waals surface area contributed by atoms with Gasteiger partial charge in [0.1, 0.15) is 0 Å². The number of piperidine rings is 1. The molecular formula is C20H25N3OS. The van der Waals surface area contributed by atoms with E-state index in [1.54, 1.807) is 22.5 Å². The first-order valence-electron chi connectivity index (χ1n) is 9.78. The Morgan fingerprint density at radius 3 is 3.12 bits per heavy atom. The maximum atomic E-state index is 6.00. The van der Waals surface area contributed by atoms with E-state index < -0.39 is 0 Å². The number of benzene rings is 1. The molecule has 2 aromatic rings. The van der Waals surface area contributed by atoms with Crippen LogP contribution >= 0.6 is 11.3 Å². The SMILES string of the molecule is Nc1nc2cc3c(cc2s1)C[C@@H]1[C@@H]2CCCC[C@]32CCN1CC1CO1. The van der Waals surface area contributed by atoms with Crippen molar-refractivity contribution in [2.75, 3.05) is 25.4 Å². The Hall–Kier alpha value is -1.17. The van der Waals surface area contributed by atoms with Gasteiger partial charge in [-0.05, 0) is 61.4 Å². The molecule has 1 saturated carbocycles. The number of hydrogen-bond donors (Lipinski definition) is 1. The molecule has 6 rings (SSSR count). The van der Waals surface area contributed by atoms with Gasteiger partial charge < -0.3 is 10.5 Å². The Bertz CT molecular complexity index is 845. The summed E-state index contributed by atoms with van der Waals surface area (Å²) in [4.78, 5) is 7.36.